The molecule has 2 aromatic heterocycles. The molecule has 1 N–H and O–H groups in total. The van der Waals surface area contributed by atoms with Crippen LogP contribution in [0.3, 0.4) is 0 Å². The van der Waals surface area contributed by atoms with Gasteiger partial charge in [0.1, 0.15) is 11.3 Å². The van der Waals surface area contributed by atoms with Gasteiger partial charge in [0, 0.05) is 18.8 Å². The van der Waals surface area contributed by atoms with Crippen molar-refractivity contribution in [2.75, 3.05) is 0 Å². The van der Waals surface area contributed by atoms with E-state index in [-0.39, 0.29) is 0 Å². The van der Waals surface area contributed by atoms with E-state index < -0.39 is 0 Å². The lowest BCUT2D eigenvalue weighted by atomic mass is 10.2. The number of nitrogens with zero attached hydrogens (tertiary/aromatic N) is 3. The van der Waals surface area contributed by atoms with Crippen LogP contribution in [-0.2, 0) is 13.1 Å². The summed E-state index contributed by atoms with van der Waals surface area (Å²) in [5, 5.41) is 3.65. The van der Waals surface area contributed by atoms with Crippen LogP contribution in [0.5, 0.6) is 0 Å². The predicted molar refractivity (Wildman–Crippen MR) is 76.9 cm³/mol. The molecule has 0 unspecified atom stereocenters. The lowest BCUT2D eigenvalue weighted by Crippen LogP contribution is -2.27. The van der Waals surface area contributed by atoms with E-state index in [1.165, 1.54) is 31.2 Å². The van der Waals surface area contributed by atoms with E-state index >= 15 is 0 Å². The van der Waals surface area contributed by atoms with Crippen molar-refractivity contribution in [3.8, 4) is 0 Å². The van der Waals surface area contributed by atoms with Gasteiger partial charge in [0.15, 0.2) is 0 Å². The summed E-state index contributed by atoms with van der Waals surface area (Å²) < 4.78 is 2.33. The van der Waals surface area contributed by atoms with Crippen LogP contribution in [0, 0.1) is 0 Å². The third-order valence-electron chi connectivity index (χ3n) is 3.98. The highest BCUT2D eigenvalue weighted by atomic mass is 15.1. The highest BCUT2D eigenvalue weighted by molar-refractivity contribution is 5.74. The molecule has 2 aromatic rings. The monoisotopic (exact) mass is 258 g/mol. The zero-order chi connectivity index (χ0) is 13.1. The van der Waals surface area contributed by atoms with Gasteiger partial charge in [-0.3, -0.25) is 4.98 Å². The Morgan fingerprint density at radius 2 is 2.21 bits per heavy atom. The van der Waals surface area contributed by atoms with Crippen molar-refractivity contribution < 1.29 is 0 Å². The van der Waals surface area contributed by atoms with Crippen molar-refractivity contribution in [3.63, 3.8) is 0 Å². The molecule has 1 saturated carbocycles. The second-order valence-corrected chi connectivity index (χ2v) is 5.41. The number of hydrogen-bond acceptors (Lipinski definition) is 3. The second-order valence-electron chi connectivity index (χ2n) is 5.41. The number of rotatable bonds is 5. The minimum absolute atomic E-state index is 0.688. The first-order chi connectivity index (χ1) is 9.38. The van der Waals surface area contributed by atoms with Gasteiger partial charge in [-0.2, -0.15) is 0 Å². The Bertz CT molecular complexity index is 540. The molecule has 0 aliphatic heterocycles. The van der Waals surface area contributed by atoms with Crippen LogP contribution in [-0.4, -0.2) is 20.6 Å². The number of aryl methyl sites for hydroxylation is 1. The third kappa shape index (κ3) is 2.63. The standard InChI is InChI=1S/C15H22N4/c1-2-9-19-14-7-8-16-10-13(14)18-15(19)11-17-12-5-3-4-6-12/h7-8,10,12,17H,2-6,9,11H2,1H3. The van der Waals surface area contributed by atoms with Crippen LogP contribution in [0.15, 0.2) is 18.5 Å². The molecule has 3 rings (SSSR count). The van der Waals surface area contributed by atoms with E-state index in [1.54, 1.807) is 0 Å². The highest BCUT2D eigenvalue weighted by Gasteiger charge is 2.16. The fraction of sp³-hybridized carbons (Fsp3) is 0.600. The molecule has 102 valence electrons. The Morgan fingerprint density at radius 3 is 3.00 bits per heavy atom. The summed E-state index contributed by atoms with van der Waals surface area (Å²) in [7, 11) is 0. The average Bonchev–Trinajstić information content (AvgIpc) is 3.05. The zero-order valence-electron chi connectivity index (χ0n) is 11.6. The molecule has 4 nitrogen and oxygen atoms in total. The molecule has 2 heterocycles. The van der Waals surface area contributed by atoms with Crippen molar-refractivity contribution in [1.29, 1.82) is 0 Å². The molecule has 4 heteroatoms. The van der Waals surface area contributed by atoms with E-state index in [2.05, 4.69) is 27.9 Å². The second kappa shape index (κ2) is 5.70. The van der Waals surface area contributed by atoms with Crippen molar-refractivity contribution in [3.05, 3.63) is 24.3 Å². The third-order valence-corrected chi connectivity index (χ3v) is 3.98. The van der Waals surface area contributed by atoms with E-state index in [1.807, 2.05) is 12.4 Å². The van der Waals surface area contributed by atoms with Crippen molar-refractivity contribution in [2.24, 2.45) is 0 Å². The lowest BCUT2D eigenvalue weighted by Gasteiger charge is -2.13. The quantitative estimate of drug-likeness (QED) is 0.896. The molecule has 0 aromatic carbocycles. The Morgan fingerprint density at radius 1 is 1.37 bits per heavy atom. The van der Waals surface area contributed by atoms with Crippen LogP contribution < -0.4 is 5.32 Å². The molecule has 0 spiro atoms. The molecule has 0 amide bonds. The van der Waals surface area contributed by atoms with Crippen LogP contribution >= 0.6 is 0 Å². The number of imidazole rings is 1. The SMILES string of the molecule is CCCn1c(CNC2CCCC2)nc2cnccc21. The molecule has 1 aliphatic carbocycles. The number of nitrogens with one attached hydrogen (secondary N) is 1. The van der Waals surface area contributed by atoms with Gasteiger partial charge < -0.3 is 9.88 Å². The first-order valence-corrected chi connectivity index (χ1v) is 7.41. The summed E-state index contributed by atoms with van der Waals surface area (Å²) >= 11 is 0. The van der Waals surface area contributed by atoms with Gasteiger partial charge in [-0.05, 0) is 25.3 Å². The lowest BCUT2D eigenvalue weighted by molar-refractivity contribution is 0.500. The molecule has 19 heavy (non-hydrogen) atoms. The Labute approximate surface area is 114 Å². The van der Waals surface area contributed by atoms with Crippen LogP contribution in [0.2, 0.25) is 0 Å². The molecule has 1 fully saturated rings. The zero-order valence-corrected chi connectivity index (χ0v) is 11.6. The normalized spacial score (nSPS) is 16.5. The summed E-state index contributed by atoms with van der Waals surface area (Å²) in [6, 6.07) is 2.75. The molecule has 0 atom stereocenters. The van der Waals surface area contributed by atoms with E-state index in [4.69, 9.17) is 4.98 Å². The van der Waals surface area contributed by atoms with Crippen molar-refractivity contribution >= 4 is 11.0 Å². The van der Waals surface area contributed by atoms with E-state index in [9.17, 15) is 0 Å². The van der Waals surface area contributed by atoms with Gasteiger partial charge >= 0.3 is 0 Å². The number of pyridine rings is 1. The highest BCUT2D eigenvalue weighted by Crippen LogP contribution is 2.19. The predicted octanol–water partition coefficient (Wildman–Crippen LogP) is 2.87. The fourth-order valence-electron chi connectivity index (χ4n) is 3.01. The van der Waals surface area contributed by atoms with Crippen LogP contribution in [0.4, 0.5) is 0 Å². The van der Waals surface area contributed by atoms with Gasteiger partial charge in [0.2, 0.25) is 0 Å². The summed E-state index contributed by atoms with van der Waals surface area (Å²) in [4.78, 5) is 8.90. The van der Waals surface area contributed by atoms with Gasteiger partial charge in [-0.1, -0.05) is 19.8 Å². The van der Waals surface area contributed by atoms with Crippen molar-refractivity contribution in [1.82, 2.24) is 19.9 Å². The number of aromatic nitrogens is 3. The van der Waals surface area contributed by atoms with Crippen molar-refractivity contribution in [2.45, 2.75) is 58.2 Å². The Balaban J connectivity index is 1.82. The van der Waals surface area contributed by atoms with Gasteiger partial charge in [0.05, 0.1) is 18.3 Å². The summed E-state index contributed by atoms with van der Waals surface area (Å²) in [6.45, 7) is 4.11. The van der Waals surface area contributed by atoms with Gasteiger partial charge in [-0.25, -0.2) is 4.98 Å². The minimum atomic E-state index is 0.688. The molecular weight excluding hydrogens is 236 g/mol. The molecule has 0 saturated heterocycles. The number of hydrogen-bond donors (Lipinski definition) is 1. The topological polar surface area (TPSA) is 42.7 Å². The van der Waals surface area contributed by atoms with E-state index in [0.717, 1.165) is 30.9 Å². The Kier molecular flexibility index (Phi) is 3.78. The number of fused-ring (bicyclic) bond motifs is 1. The van der Waals surface area contributed by atoms with Crippen LogP contribution in [0.1, 0.15) is 44.9 Å². The molecule has 0 radical (unpaired) electrons. The summed E-state index contributed by atoms with van der Waals surface area (Å²) in [5.41, 5.74) is 2.22. The molecule has 1 aliphatic rings. The smallest absolute Gasteiger partial charge is 0.123 e. The van der Waals surface area contributed by atoms with Gasteiger partial charge in [0.25, 0.3) is 0 Å². The maximum atomic E-state index is 4.73. The largest absolute Gasteiger partial charge is 0.327 e. The first-order valence-electron chi connectivity index (χ1n) is 7.41. The van der Waals surface area contributed by atoms with Gasteiger partial charge in [-0.15, -0.1) is 0 Å². The average molecular weight is 258 g/mol. The minimum Gasteiger partial charge on any atom is -0.327 e. The molecule has 0 bridgehead atoms. The summed E-state index contributed by atoms with van der Waals surface area (Å²) in [6.07, 6.45) is 10.2. The van der Waals surface area contributed by atoms with E-state index in [0.29, 0.717) is 6.04 Å². The Hall–Kier alpha value is -1.42. The summed E-state index contributed by atoms with van der Waals surface area (Å²) in [5.74, 6) is 1.15. The first kappa shape index (κ1) is 12.6. The maximum Gasteiger partial charge on any atom is 0.123 e. The fourth-order valence-corrected chi connectivity index (χ4v) is 3.01. The maximum absolute atomic E-state index is 4.73. The molecular formula is C15H22N4. The van der Waals surface area contributed by atoms with Crippen LogP contribution in [0.25, 0.3) is 11.0 Å².